The van der Waals surface area contributed by atoms with E-state index in [1.54, 1.807) is 6.20 Å². The molecule has 2 aromatic rings. The molecule has 1 atom stereocenters. The second kappa shape index (κ2) is 5.59. The minimum atomic E-state index is 0.127. The molecule has 4 nitrogen and oxygen atoms in total. The number of nitrogens with zero attached hydrogens (tertiary/aromatic N) is 2. The average Bonchev–Trinajstić information content (AvgIpc) is 2.95. The Labute approximate surface area is 118 Å². The first kappa shape index (κ1) is 13.1. The van der Waals surface area contributed by atoms with Crippen LogP contribution in [0.3, 0.4) is 0 Å². The fraction of sp³-hybridized carbons (Fsp3) is 0.375. The molecule has 4 heteroatoms. The van der Waals surface area contributed by atoms with Crippen molar-refractivity contribution in [1.29, 1.82) is 0 Å². The SMILES string of the molecule is CNC[C@@H]1CCN(C(=O)c2cccc3ncccc23)C1. The highest BCUT2D eigenvalue weighted by Crippen LogP contribution is 2.22. The lowest BCUT2D eigenvalue weighted by molar-refractivity contribution is 0.0789. The molecule has 1 aliphatic rings. The van der Waals surface area contributed by atoms with Crippen LogP contribution in [0.15, 0.2) is 36.5 Å². The monoisotopic (exact) mass is 269 g/mol. The third kappa shape index (κ3) is 2.39. The molecule has 20 heavy (non-hydrogen) atoms. The van der Waals surface area contributed by atoms with E-state index in [0.29, 0.717) is 5.92 Å². The zero-order valence-corrected chi connectivity index (χ0v) is 11.7. The highest BCUT2D eigenvalue weighted by molar-refractivity contribution is 6.06. The second-order valence-corrected chi connectivity index (χ2v) is 5.34. The number of aromatic nitrogens is 1. The first-order chi connectivity index (χ1) is 9.79. The van der Waals surface area contributed by atoms with Crippen LogP contribution in [0.2, 0.25) is 0 Å². The molecule has 1 aromatic carbocycles. The molecule has 1 fully saturated rings. The predicted octanol–water partition coefficient (Wildman–Crippen LogP) is 1.92. The third-order valence-corrected chi connectivity index (χ3v) is 3.94. The van der Waals surface area contributed by atoms with Crippen LogP contribution in [-0.2, 0) is 0 Å². The van der Waals surface area contributed by atoms with Gasteiger partial charge in [0.25, 0.3) is 5.91 Å². The van der Waals surface area contributed by atoms with E-state index in [9.17, 15) is 4.79 Å². The van der Waals surface area contributed by atoms with Gasteiger partial charge in [-0.1, -0.05) is 12.1 Å². The first-order valence-corrected chi connectivity index (χ1v) is 7.07. The maximum absolute atomic E-state index is 12.7. The molecule has 104 valence electrons. The van der Waals surface area contributed by atoms with Crippen molar-refractivity contribution in [3.8, 4) is 0 Å². The van der Waals surface area contributed by atoms with Gasteiger partial charge in [0.15, 0.2) is 0 Å². The van der Waals surface area contributed by atoms with Crippen molar-refractivity contribution in [2.45, 2.75) is 6.42 Å². The van der Waals surface area contributed by atoms with Crippen LogP contribution >= 0.6 is 0 Å². The van der Waals surface area contributed by atoms with Crippen LogP contribution in [0.25, 0.3) is 10.9 Å². The van der Waals surface area contributed by atoms with E-state index in [0.717, 1.165) is 42.5 Å². The lowest BCUT2D eigenvalue weighted by Crippen LogP contribution is -2.30. The van der Waals surface area contributed by atoms with Crippen molar-refractivity contribution in [1.82, 2.24) is 15.2 Å². The van der Waals surface area contributed by atoms with Gasteiger partial charge in [0, 0.05) is 30.2 Å². The average molecular weight is 269 g/mol. The summed E-state index contributed by atoms with van der Waals surface area (Å²) in [6, 6.07) is 9.60. The molecule has 1 aliphatic heterocycles. The van der Waals surface area contributed by atoms with E-state index in [1.807, 2.05) is 42.3 Å². The van der Waals surface area contributed by atoms with Gasteiger partial charge in [0.2, 0.25) is 0 Å². The van der Waals surface area contributed by atoms with Gasteiger partial charge in [-0.05, 0) is 44.1 Å². The number of likely N-dealkylation sites (tertiary alicyclic amines) is 1. The van der Waals surface area contributed by atoms with Gasteiger partial charge in [-0.3, -0.25) is 9.78 Å². The number of rotatable bonds is 3. The molecule has 0 radical (unpaired) electrons. The van der Waals surface area contributed by atoms with Gasteiger partial charge in [-0.2, -0.15) is 0 Å². The van der Waals surface area contributed by atoms with Gasteiger partial charge in [-0.25, -0.2) is 0 Å². The summed E-state index contributed by atoms with van der Waals surface area (Å²) in [6.45, 7) is 2.67. The summed E-state index contributed by atoms with van der Waals surface area (Å²) in [4.78, 5) is 19.0. The lowest BCUT2D eigenvalue weighted by Gasteiger charge is -2.17. The van der Waals surface area contributed by atoms with Gasteiger partial charge < -0.3 is 10.2 Å². The van der Waals surface area contributed by atoms with E-state index < -0.39 is 0 Å². The molecule has 0 saturated carbocycles. The fourth-order valence-corrected chi connectivity index (χ4v) is 2.93. The molecule has 1 saturated heterocycles. The number of hydrogen-bond acceptors (Lipinski definition) is 3. The summed E-state index contributed by atoms with van der Waals surface area (Å²) >= 11 is 0. The molecule has 1 aromatic heterocycles. The molecule has 0 unspecified atom stereocenters. The van der Waals surface area contributed by atoms with Crippen LogP contribution in [0.5, 0.6) is 0 Å². The molecular formula is C16H19N3O. The summed E-state index contributed by atoms with van der Waals surface area (Å²) < 4.78 is 0. The second-order valence-electron chi connectivity index (χ2n) is 5.34. The van der Waals surface area contributed by atoms with Crippen molar-refractivity contribution in [2.24, 2.45) is 5.92 Å². The highest BCUT2D eigenvalue weighted by Gasteiger charge is 2.27. The standard InChI is InChI=1S/C16H19N3O/c1-17-10-12-7-9-19(11-12)16(20)14-4-2-6-15-13(14)5-3-8-18-15/h2-6,8,12,17H,7,9-11H2,1H3/t12-/m0/s1. The summed E-state index contributed by atoms with van der Waals surface area (Å²) in [7, 11) is 1.96. The molecule has 1 N–H and O–H groups in total. The van der Waals surface area contributed by atoms with Crippen LogP contribution in [0.1, 0.15) is 16.8 Å². The van der Waals surface area contributed by atoms with Crippen molar-refractivity contribution < 1.29 is 4.79 Å². The minimum Gasteiger partial charge on any atom is -0.338 e. The Morgan fingerprint density at radius 2 is 2.30 bits per heavy atom. The van der Waals surface area contributed by atoms with Gasteiger partial charge in [0.05, 0.1) is 5.52 Å². The van der Waals surface area contributed by atoms with Crippen LogP contribution < -0.4 is 5.32 Å². The Kier molecular flexibility index (Phi) is 3.65. The smallest absolute Gasteiger partial charge is 0.254 e. The number of hydrogen-bond donors (Lipinski definition) is 1. The molecule has 2 heterocycles. The van der Waals surface area contributed by atoms with Crippen molar-refractivity contribution in [3.05, 3.63) is 42.1 Å². The van der Waals surface area contributed by atoms with Gasteiger partial charge in [-0.15, -0.1) is 0 Å². The van der Waals surface area contributed by atoms with Crippen molar-refractivity contribution in [2.75, 3.05) is 26.7 Å². The Bertz CT molecular complexity index is 621. The van der Waals surface area contributed by atoms with E-state index in [4.69, 9.17) is 0 Å². The Balaban J connectivity index is 1.86. The highest BCUT2D eigenvalue weighted by atomic mass is 16.2. The zero-order chi connectivity index (χ0) is 13.9. The number of carbonyl (C=O) groups excluding carboxylic acids is 1. The van der Waals surface area contributed by atoms with E-state index in [1.165, 1.54) is 0 Å². The lowest BCUT2D eigenvalue weighted by atomic mass is 10.1. The zero-order valence-electron chi connectivity index (χ0n) is 11.7. The number of carbonyl (C=O) groups is 1. The minimum absolute atomic E-state index is 0.127. The van der Waals surface area contributed by atoms with Crippen LogP contribution in [-0.4, -0.2) is 42.5 Å². The number of pyridine rings is 1. The summed E-state index contributed by atoms with van der Waals surface area (Å²) in [5.41, 5.74) is 1.64. The van der Waals surface area contributed by atoms with Gasteiger partial charge in [0.1, 0.15) is 0 Å². The summed E-state index contributed by atoms with van der Waals surface area (Å²) in [5.74, 6) is 0.694. The van der Waals surface area contributed by atoms with E-state index in [-0.39, 0.29) is 5.91 Å². The summed E-state index contributed by atoms with van der Waals surface area (Å²) in [6.07, 6.45) is 2.84. The molecular weight excluding hydrogens is 250 g/mol. The molecule has 3 rings (SSSR count). The summed E-state index contributed by atoms with van der Waals surface area (Å²) in [5, 5.41) is 4.13. The van der Waals surface area contributed by atoms with E-state index >= 15 is 0 Å². The topological polar surface area (TPSA) is 45.2 Å². The fourth-order valence-electron chi connectivity index (χ4n) is 2.93. The third-order valence-electron chi connectivity index (χ3n) is 3.94. The van der Waals surface area contributed by atoms with Crippen molar-refractivity contribution in [3.63, 3.8) is 0 Å². The van der Waals surface area contributed by atoms with E-state index in [2.05, 4.69) is 10.3 Å². The number of fused-ring (bicyclic) bond motifs is 1. The molecule has 0 aliphatic carbocycles. The number of nitrogens with one attached hydrogen (secondary N) is 1. The maximum atomic E-state index is 12.7. The number of benzene rings is 1. The Morgan fingerprint density at radius 3 is 3.15 bits per heavy atom. The van der Waals surface area contributed by atoms with Crippen LogP contribution in [0.4, 0.5) is 0 Å². The quantitative estimate of drug-likeness (QED) is 0.926. The van der Waals surface area contributed by atoms with Crippen LogP contribution in [0, 0.1) is 5.92 Å². The molecule has 1 amide bonds. The first-order valence-electron chi connectivity index (χ1n) is 7.07. The molecule has 0 bridgehead atoms. The Hall–Kier alpha value is -1.94. The normalized spacial score (nSPS) is 18.6. The van der Waals surface area contributed by atoms with Crippen molar-refractivity contribution >= 4 is 16.8 Å². The Morgan fingerprint density at radius 1 is 1.40 bits per heavy atom. The number of amides is 1. The maximum Gasteiger partial charge on any atom is 0.254 e. The van der Waals surface area contributed by atoms with Gasteiger partial charge >= 0.3 is 0 Å². The largest absolute Gasteiger partial charge is 0.338 e. The molecule has 0 spiro atoms. The predicted molar refractivity (Wildman–Crippen MR) is 79.7 cm³/mol.